The Morgan fingerprint density at radius 1 is 1.25 bits per heavy atom. The molecule has 1 rings (SSSR count). The summed E-state index contributed by atoms with van der Waals surface area (Å²) in [5.74, 6) is 1.95. The molecule has 0 atom stereocenters. The fourth-order valence-electron chi connectivity index (χ4n) is 1.67. The monoisotopic (exact) mass is 425 g/mol. The lowest BCUT2D eigenvalue weighted by Crippen LogP contribution is -2.38. The Morgan fingerprint density at radius 2 is 2.00 bits per heavy atom. The Bertz CT molecular complexity index is 425. The Kier molecular flexibility index (Phi) is 11.5. The van der Waals surface area contributed by atoms with Gasteiger partial charge in [0.2, 0.25) is 0 Å². The number of guanidine groups is 1. The zero-order valence-electron chi connectivity index (χ0n) is 12.5. The number of thioether (sulfide) groups is 2. The molecule has 1 aromatic carbocycles. The van der Waals surface area contributed by atoms with Gasteiger partial charge >= 0.3 is 0 Å². The summed E-state index contributed by atoms with van der Waals surface area (Å²) in [7, 11) is 1.80. The second kappa shape index (κ2) is 11.6. The second-order valence-electron chi connectivity index (χ2n) is 4.16. The molecule has 1 aromatic rings. The fourth-order valence-corrected chi connectivity index (χ4v) is 2.68. The van der Waals surface area contributed by atoms with E-state index in [9.17, 15) is 0 Å². The predicted molar refractivity (Wildman–Crippen MR) is 105 cm³/mol. The zero-order chi connectivity index (χ0) is 14.1. The maximum atomic E-state index is 4.23. The van der Waals surface area contributed by atoms with Crippen molar-refractivity contribution < 1.29 is 0 Å². The Hall–Kier alpha value is -0.0800. The van der Waals surface area contributed by atoms with Crippen molar-refractivity contribution in [3.63, 3.8) is 0 Å². The van der Waals surface area contributed by atoms with E-state index in [-0.39, 0.29) is 24.0 Å². The third-order valence-corrected chi connectivity index (χ3v) is 4.14. The van der Waals surface area contributed by atoms with Crippen LogP contribution in [-0.4, -0.2) is 37.8 Å². The van der Waals surface area contributed by atoms with Crippen LogP contribution in [0.3, 0.4) is 0 Å². The second-order valence-corrected chi connectivity index (χ2v) is 5.99. The van der Waals surface area contributed by atoms with E-state index in [2.05, 4.69) is 53.3 Å². The Labute approximate surface area is 148 Å². The first kappa shape index (κ1) is 19.9. The molecule has 0 saturated carbocycles. The third kappa shape index (κ3) is 7.08. The average Bonchev–Trinajstić information content (AvgIpc) is 2.43. The highest BCUT2D eigenvalue weighted by Gasteiger charge is 2.03. The van der Waals surface area contributed by atoms with Gasteiger partial charge in [-0.1, -0.05) is 12.1 Å². The van der Waals surface area contributed by atoms with Gasteiger partial charge in [0.25, 0.3) is 0 Å². The lowest BCUT2D eigenvalue weighted by Gasteiger charge is -2.13. The molecule has 0 aromatic heterocycles. The zero-order valence-corrected chi connectivity index (χ0v) is 16.5. The van der Waals surface area contributed by atoms with Crippen LogP contribution >= 0.6 is 47.5 Å². The minimum Gasteiger partial charge on any atom is -0.356 e. The molecular formula is C14H24IN3S2. The van der Waals surface area contributed by atoms with E-state index in [0.717, 1.165) is 24.8 Å². The van der Waals surface area contributed by atoms with E-state index < -0.39 is 0 Å². The summed E-state index contributed by atoms with van der Waals surface area (Å²) in [4.78, 5) is 5.55. The van der Waals surface area contributed by atoms with Crippen LogP contribution in [0.2, 0.25) is 0 Å². The smallest absolute Gasteiger partial charge is 0.191 e. The van der Waals surface area contributed by atoms with E-state index >= 15 is 0 Å². The molecule has 0 spiro atoms. The van der Waals surface area contributed by atoms with Crippen LogP contribution in [-0.2, 0) is 6.54 Å². The van der Waals surface area contributed by atoms with Crippen LogP contribution in [0.15, 0.2) is 28.1 Å². The standard InChI is InChI=1S/C14H23N3S2.HI/c1-11-5-6-12(13(9-11)19-4)10-17-14(15-2)16-7-8-18-3;/h5-6,9H,7-8,10H2,1-4H3,(H2,15,16,17);1H. The molecule has 0 fully saturated rings. The molecule has 0 aliphatic rings. The lowest BCUT2D eigenvalue weighted by atomic mass is 10.1. The normalized spacial score (nSPS) is 10.9. The molecule has 6 heteroatoms. The summed E-state index contributed by atoms with van der Waals surface area (Å²) < 4.78 is 0. The van der Waals surface area contributed by atoms with Crippen molar-refractivity contribution in [2.45, 2.75) is 18.4 Å². The van der Waals surface area contributed by atoms with Crippen LogP contribution in [0.4, 0.5) is 0 Å². The van der Waals surface area contributed by atoms with Crippen LogP contribution in [0.5, 0.6) is 0 Å². The maximum absolute atomic E-state index is 4.23. The molecule has 0 saturated heterocycles. The van der Waals surface area contributed by atoms with Crippen LogP contribution in [0.25, 0.3) is 0 Å². The van der Waals surface area contributed by atoms with Crippen molar-refractivity contribution in [2.75, 3.05) is 31.9 Å². The molecule has 0 unspecified atom stereocenters. The number of hydrogen-bond donors (Lipinski definition) is 2. The molecule has 114 valence electrons. The van der Waals surface area contributed by atoms with Gasteiger partial charge in [0, 0.05) is 30.8 Å². The number of nitrogens with zero attached hydrogens (tertiary/aromatic N) is 1. The molecule has 3 nitrogen and oxygen atoms in total. The van der Waals surface area contributed by atoms with E-state index in [1.807, 2.05) is 11.8 Å². The number of rotatable bonds is 6. The molecule has 0 aliphatic carbocycles. The first-order chi connectivity index (χ1) is 9.21. The number of nitrogens with one attached hydrogen (secondary N) is 2. The topological polar surface area (TPSA) is 36.4 Å². The minimum absolute atomic E-state index is 0. The van der Waals surface area contributed by atoms with Gasteiger partial charge in [0.1, 0.15) is 0 Å². The summed E-state index contributed by atoms with van der Waals surface area (Å²) in [6, 6.07) is 6.57. The summed E-state index contributed by atoms with van der Waals surface area (Å²) in [6.45, 7) is 3.86. The molecule has 0 aliphatic heterocycles. The molecular weight excluding hydrogens is 401 g/mol. The summed E-state index contributed by atoms with van der Waals surface area (Å²) in [5, 5.41) is 6.66. The molecule has 0 bridgehead atoms. The van der Waals surface area contributed by atoms with Crippen molar-refractivity contribution >= 4 is 53.5 Å². The Morgan fingerprint density at radius 3 is 2.60 bits per heavy atom. The van der Waals surface area contributed by atoms with Gasteiger partial charge in [0.15, 0.2) is 5.96 Å². The summed E-state index contributed by atoms with van der Waals surface area (Å²) in [5.41, 5.74) is 2.61. The number of halogens is 1. The van der Waals surface area contributed by atoms with Crippen LogP contribution < -0.4 is 10.6 Å². The SMILES string of the molecule is CN=C(NCCSC)NCc1ccc(C)cc1SC.I. The minimum atomic E-state index is 0. The van der Waals surface area contributed by atoms with Crippen LogP contribution in [0, 0.1) is 6.92 Å². The van der Waals surface area contributed by atoms with Gasteiger partial charge in [0.05, 0.1) is 0 Å². The van der Waals surface area contributed by atoms with E-state index in [1.54, 1.807) is 18.8 Å². The molecule has 2 N–H and O–H groups in total. The van der Waals surface area contributed by atoms with Gasteiger partial charge in [-0.15, -0.1) is 35.7 Å². The molecule has 0 amide bonds. The van der Waals surface area contributed by atoms with E-state index in [1.165, 1.54) is 16.0 Å². The number of aliphatic imine (C=N–C) groups is 1. The third-order valence-electron chi connectivity index (χ3n) is 2.71. The first-order valence-corrected chi connectivity index (χ1v) is 8.90. The van der Waals surface area contributed by atoms with Gasteiger partial charge < -0.3 is 10.6 Å². The van der Waals surface area contributed by atoms with E-state index in [0.29, 0.717) is 0 Å². The highest BCUT2D eigenvalue weighted by Crippen LogP contribution is 2.21. The average molecular weight is 425 g/mol. The van der Waals surface area contributed by atoms with Crippen molar-refractivity contribution in [3.8, 4) is 0 Å². The number of hydrogen-bond acceptors (Lipinski definition) is 3. The Balaban J connectivity index is 0.00000361. The lowest BCUT2D eigenvalue weighted by molar-refractivity contribution is 0.822. The van der Waals surface area contributed by atoms with Crippen LogP contribution in [0.1, 0.15) is 11.1 Å². The van der Waals surface area contributed by atoms with Gasteiger partial charge in [-0.2, -0.15) is 11.8 Å². The summed E-state index contributed by atoms with van der Waals surface area (Å²) in [6.07, 6.45) is 4.22. The summed E-state index contributed by atoms with van der Waals surface area (Å²) >= 11 is 3.61. The highest BCUT2D eigenvalue weighted by molar-refractivity contribution is 14.0. The quantitative estimate of drug-likeness (QED) is 0.241. The van der Waals surface area contributed by atoms with E-state index in [4.69, 9.17) is 0 Å². The van der Waals surface area contributed by atoms with Crippen molar-refractivity contribution in [1.29, 1.82) is 0 Å². The largest absolute Gasteiger partial charge is 0.356 e. The van der Waals surface area contributed by atoms with Gasteiger partial charge in [-0.25, -0.2) is 0 Å². The first-order valence-electron chi connectivity index (χ1n) is 6.28. The van der Waals surface area contributed by atoms with Crippen molar-refractivity contribution in [2.24, 2.45) is 4.99 Å². The maximum Gasteiger partial charge on any atom is 0.191 e. The number of benzene rings is 1. The molecule has 20 heavy (non-hydrogen) atoms. The van der Waals surface area contributed by atoms with Crippen molar-refractivity contribution in [1.82, 2.24) is 10.6 Å². The molecule has 0 heterocycles. The van der Waals surface area contributed by atoms with Gasteiger partial charge in [-0.3, -0.25) is 4.99 Å². The van der Waals surface area contributed by atoms with Gasteiger partial charge in [-0.05, 0) is 36.6 Å². The fraction of sp³-hybridized carbons (Fsp3) is 0.500. The van der Waals surface area contributed by atoms with Crippen molar-refractivity contribution in [3.05, 3.63) is 29.3 Å². The molecule has 0 radical (unpaired) electrons. The number of aryl methyl sites for hydroxylation is 1. The predicted octanol–water partition coefficient (Wildman–Crippen LogP) is 3.36. The highest BCUT2D eigenvalue weighted by atomic mass is 127.